The summed E-state index contributed by atoms with van der Waals surface area (Å²) in [6, 6.07) is 6.11. The Kier molecular flexibility index (Phi) is 2.97. The molecule has 2 aromatic rings. The number of aromatic nitrogens is 1. The van der Waals surface area contributed by atoms with Gasteiger partial charge in [-0.25, -0.2) is 0 Å². The summed E-state index contributed by atoms with van der Waals surface area (Å²) in [5.41, 5.74) is 3.18. The maximum Gasteiger partial charge on any atom is 0.125 e. The highest BCUT2D eigenvalue weighted by Gasteiger charge is 2.16. The fourth-order valence-electron chi connectivity index (χ4n) is 2.31. The monoisotopic (exact) mass is 240 g/mol. The van der Waals surface area contributed by atoms with Crippen molar-refractivity contribution >= 4 is 22.8 Å². The van der Waals surface area contributed by atoms with Crippen LogP contribution in [-0.4, -0.2) is 17.8 Å². The van der Waals surface area contributed by atoms with Crippen LogP contribution in [0.25, 0.3) is 10.9 Å². The summed E-state index contributed by atoms with van der Waals surface area (Å²) in [4.78, 5) is 8.97. The molecule has 0 spiro atoms. The standard InChI is InChI=1S/C15H16N2O/c1-2-9-18-13-10-11-5-3-7-16-14(11)15-12(13)6-4-8-17-15/h3,5,7-8,10H,2,4,6,9H2,1H3. The zero-order valence-electron chi connectivity index (χ0n) is 10.5. The molecule has 0 saturated carbocycles. The molecule has 1 aromatic heterocycles. The van der Waals surface area contributed by atoms with Gasteiger partial charge in [0.15, 0.2) is 0 Å². The number of fused-ring (bicyclic) bond motifs is 3. The molecule has 0 radical (unpaired) electrons. The molecule has 3 rings (SSSR count). The molecule has 92 valence electrons. The molecule has 18 heavy (non-hydrogen) atoms. The van der Waals surface area contributed by atoms with E-state index in [2.05, 4.69) is 29.0 Å². The number of hydrogen-bond donors (Lipinski definition) is 0. The minimum Gasteiger partial charge on any atom is -0.493 e. The van der Waals surface area contributed by atoms with E-state index in [0.717, 1.165) is 48.2 Å². The van der Waals surface area contributed by atoms with Crippen molar-refractivity contribution in [3.8, 4) is 5.75 Å². The normalized spacial score (nSPS) is 13.6. The van der Waals surface area contributed by atoms with Gasteiger partial charge in [-0.1, -0.05) is 13.0 Å². The lowest BCUT2D eigenvalue weighted by atomic mass is 10.0. The average Bonchev–Trinajstić information content (AvgIpc) is 2.45. The summed E-state index contributed by atoms with van der Waals surface area (Å²) in [7, 11) is 0. The van der Waals surface area contributed by atoms with Crippen molar-refractivity contribution in [2.45, 2.75) is 26.2 Å². The smallest absolute Gasteiger partial charge is 0.125 e. The van der Waals surface area contributed by atoms with Gasteiger partial charge in [-0.05, 0) is 31.4 Å². The van der Waals surface area contributed by atoms with E-state index < -0.39 is 0 Å². The number of hydrogen-bond acceptors (Lipinski definition) is 3. The predicted molar refractivity (Wildman–Crippen MR) is 74.0 cm³/mol. The van der Waals surface area contributed by atoms with Crippen LogP contribution < -0.4 is 4.74 Å². The fraction of sp³-hybridized carbons (Fsp3) is 0.333. The maximum atomic E-state index is 5.86. The van der Waals surface area contributed by atoms with Crippen LogP contribution in [0.1, 0.15) is 25.3 Å². The molecule has 0 amide bonds. The third-order valence-corrected chi connectivity index (χ3v) is 3.14. The van der Waals surface area contributed by atoms with Crippen molar-refractivity contribution in [3.63, 3.8) is 0 Å². The fourth-order valence-corrected chi connectivity index (χ4v) is 2.31. The first kappa shape index (κ1) is 11.2. The number of nitrogens with zero attached hydrogens (tertiary/aromatic N) is 2. The van der Waals surface area contributed by atoms with E-state index in [9.17, 15) is 0 Å². The first-order chi connectivity index (χ1) is 8.90. The van der Waals surface area contributed by atoms with E-state index >= 15 is 0 Å². The van der Waals surface area contributed by atoms with Crippen LogP contribution >= 0.6 is 0 Å². The van der Waals surface area contributed by atoms with Gasteiger partial charge in [0.05, 0.1) is 17.8 Å². The molecule has 0 fully saturated rings. The van der Waals surface area contributed by atoms with E-state index in [4.69, 9.17) is 4.74 Å². The average molecular weight is 240 g/mol. The van der Waals surface area contributed by atoms with Crippen molar-refractivity contribution < 1.29 is 4.74 Å². The Bertz CT molecular complexity index is 605. The van der Waals surface area contributed by atoms with Gasteiger partial charge < -0.3 is 4.74 Å². The van der Waals surface area contributed by atoms with E-state index in [-0.39, 0.29) is 0 Å². The third-order valence-electron chi connectivity index (χ3n) is 3.14. The molecular formula is C15H16N2O. The SMILES string of the molecule is CCCOc1cc2cccnc2c2c1CCC=N2. The second-order valence-corrected chi connectivity index (χ2v) is 4.48. The zero-order valence-corrected chi connectivity index (χ0v) is 10.5. The molecule has 1 aliphatic rings. The summed E-state index contributed by atoms with van der Waals surface area (Å²) >= 11 is 0. The second-order valence-electron chi connectivity index (χ2n) is 4.48. The lowest BCUT2D eigenvalue weighted by molar-refractivity contribution is 0.315. The van der Waals surface area contributed by atoms with Crippen LogP contribution in [0.15, 0.2) is 29.4 Å². The van der Waals surface area contributed by atoms with Gasteiger partial charge in [0, 0.05) is 23.4 Å². The maximum absolute atomic E-state index is 5.86. The Labute approximate surface area is 107 Å². The summed E-state index contributed by atoms with van der Waals surface area (Å²) < 4.78 is 5.86. The van der Waals surface area contributed by atoms with Gasteiger partial charge in [0.2, 0.25) is 0 Å². The first-order valence-corrected chi connectivity index (χ1v) is 6.46. The van der Waals surface area contributed by atoms with Gasteiger partial charge in [-0.3, -0.25) is 9.98 Å². The molecule has 0 saturated heterocycles. The molecule has 3 nitrogen and oxygen atoms in total. The van der Waals surface area contributed by atoms with Crippen molar-refractivity contribution in [1.29, 1.82) is 0 Å². The topological polar surface area (TPSA) is 34.5 Å². The van der Waals surface area contributed by atoms with Crippen LogP contribution in [0, 0.1) is 0 Å². The number of benzene rings is 1. The van der Waals surface area contributed by atoms with Crippen LogP contribution in [0.4, 0.5) is 5.69 Å². The summed E-state index contributed by atoms with van der Waals surface area (Å²) in [6.07, 6.45) is 6.78. The largest absolute Gasteiger partial charge is 0.493 e. The molecular weight excluding hydrogens is 224 g/mol. The van der Waals surface area contributed by atoms with E-state index in [1.165, 1.54) is 5.56 Å². The first-order valence-electron chi connectivity index (χ1n) is 6.46. The number of ether oxygens (including phenoxy) is 1. The highest BCUT2D eigenvalue weighted by molar-refractivity contribution is 5.95. The van der Waals surface area contributed by atoms with Crippen LogP contribution in [0.2, 0.25) is 0 Å². The Balaban J connectivity index is 2.21. The molecule has 0 unspecified atom stereocenters. The Morgan fingerprint density at radius 3 is 3.22 bits per heavy atom. The molecule has 1 aromatic carbocycles. The molecule has 3 heteroatoms. The minimum atomic E-state index is 0.752. The lowest BCUT2D eigenvalue weighted by Crippen LogP contribution is -2.03. The zero-order chi connectivity index (χ0) is 12.4. The number of rotatable bonds is 3. The Hall–Kier alpha value is -1.90. The summed E-state index contributed by atoms with van der Waals surface area (Å²) in [5, 5.41) is 1.10. The van der Waals surface area contributed by atoms with Crippen LogP contribution in [-0.2, 0) is 6.42 Å². The van der Waals surface area contributed by atoms with Crippen molar-refractivity contribution in [3.05, 3.63) is 30.0 Å². The second kappa shape index (κ2) is 4.77. The van der Waals surface area contributed by atoms with Gasteiger partial charge in [0.25, 0.3) is 0 Å². The molecule has 0 aliphatic carbocycles. The van der Waals surface area contributed by atoms with Gasteiger partial charge in [-0.15, -0.1) is 0 Å². The Morgan fingerprint density at radius 1 is 1.39 bits per heavy atom. The summed E-state index contributed by atoms with van der Waals surface area (Å²) in [5.74, 6) is 0.976. The molecule has 0 N–H and O–H groups in total. The van der Waals surface area contributed by atoms with Crippen molar-refractivity contribution in [2.75, 3.05) is 6.61 Å². The van der Waals surface area contributed by atoms with Gasteiger partial charge in [-0.2, -0.15) is 0 Å². The number of pyridine rings is 1. The van der Waals surface area contributed by atoms with Crippen LogP contribution in [0.3, 0.4) is 0 Å². The molecule has 0 atom stereocenters. The number of aliphatic imine (C=N–C) groups is 1. The molecule has 1 aliphatic heterocycles. The van der Waals surface area contributed by atoms with Gasteiger partial charge >= 0.3 is 0 Å². The highest BCUT2D eigenvalue weighted by Crippen LogP contribution is 2.38. The highest BCUT2D eigenvalue weighted by atomic mass is 16.5. The predicted octanol–water partition coefficient (Wildman–Crippen LogP) is 3.67. The summed E-state index contributed by atoms with van der Waals surface area (Å²) in [6.45, 7) is 2.87. The minimum absolute atomic E-state index is 0.752. The van der Waals surface area contributed by atoms with Crippen molar-refractivity contribution in [1.82, 2.24) is 4.98 Å². The van der Waals surface area contributed by atoms with E-state index in [0.29, 0.717) is 0 Å². The molecule has 0 bridgehead atoms. The quantitative estimate of drug-likeness (QED) is 0.820. The molecule has 2 heterocycles. The van der Waals surface area contributed by atoms with E-state index in [1.807, 2.05) is 18.5 Å². The van der Waals surface area contributed by atoms with Crippen molar-refractivity contribution in [2.24, 2.45) is 4.99 Å². The third kappa shape index (κ3) is 1.86. The Morgan fingerprint density at radius 2 is 2.33 bits per heavy atom. The van der Waals surface area contributed by atoms with Crippen LogP contribution in [0.5, 0.6) is 5.75 Å². The lowest BCUT2D eigenvalue weighted by Gasteiger charge is -2.17. The van der Waals surface area contributed by atoms with Gasteiger partial charge in [0.1, 0.15) is 5.75 Å². The van der Waals surface area contributed by atoms with E-state index in [1.54, 1.807) is 0 Å².